The number of hydrogen-bond acceptors (Lipinski definition) is 3. The quantitative estimate of drug-likeness (QED) is 0.544. The van der Waals surface area contributed by atoms with E-state index < -0.39 is 0 Å². The predicted molar refractivity (Wildman–Crippen MR) is 52.7 cm³/mol. The average Bonchev–Trinajstić information content (AvgIpc) is 2.93. The summed E-state index contributed by atoms with van der Waals surface area (Å²) in [7, 11) is 0. The topological polar surface area (TPSA) is 69.6 Å². The first-order valence-corrected chi connectivity index (χ1v) is 5.21. The molecule has 0 heterocycles. The molecule has 1 aliphatic rings. The SMILES string of the molecule is O=C(CCCO)NCC1(CCO)CC1. The minimum Gasteiger partial charge on any atom is -0.396 e. The third-order valence-electron chi connectivity index (χ3n) is 2.82. The van der Waals surface area contributed by atoms with Crippen LogP contribution in [-0.4, -0.2) is 35.9 Å². The summed E-state index contributed by atoms with van der Waals surface area (Å²) in [5.74, 6) is 0.00302. The maximum Gasteiger partial charge on any atom is 0.220 e. The Labute approximate surface area is 84.3 Å². The van der Waals surface area contributed by atoms with E-state index in [2.05, 4.69) is 5.32 Å². The van der Waals surface area contributed by atoms with Crippen LogP contribution in [0.4, 0.5) is 0 Å². The molecule has 0 spiro atoms. The average molecular weight is 201 g/mol. The highest BCUT2D eigenvalue weighted by molar-refractivity contribution is 5.75. The van der Waals surface area contributed by atoms with Gasteiger partial charge in [0, 0.05) is 26.2 Å². The first-order valence-electron chi connectivity index (χ1n) is 5.21. The molecule has 0 aromatic rings. The van der Waals surface area contributed by atoms with E-state index in [1.165, 1.54) is 0 Å². The van der Waals surface area contributed by atoms with Crippen molar-refractivity contribution in [2.24, 2.45) is 5.41 Å². The third kappa shape index (κ3) is 3.64. The van der Waals surface area contributed by atoms with Crippen LogP contribution in [0.25, 0.3) is 0 Å². The van der Waals surface area contributed by atoms with Crippen LogP contribution < -0.4 is 5.32 Å². The van der Waals surface area contributed by atoms with Crippen molar-refractivity contribution < 1.29 is 15.0 Å². The number of rotatable bonds is 7. The molecule has 1 amide bonds. The Bertz CT molecular complexity index is 190. The molecule has 0 aliphatic heterocycles. The van der Waals surface area contributed by atoms with Crippen molar-refractivity contribution in [2.45, 2.75) is 32.1 Å². The van der Waals surface area contributed by atoms with Gasteiger partial charge in [-0.15, -0.1) is 0 Å². The lowest BCUT2D eigenvalue weighted by atomic mass is 10.0. The van der Waals surface area contributed by atoms with Gasteiger partial charge in [-0.2, -0.15) is 0 Å². The van der Waals surface area contributed by atoms with E-state index in [0.29, 0.717) is 19.4 Å². The number of aliphatic hydroxyl groups excluding tert-OH is 2. The molecule has 1 saturated carbocycles. The minimum atomic E-state index is 0.00302. The molecule has 0 atom stereocenters. The molecule has 1 aliphatic carbocycles. The highest BCUT2D eigenvalue weighted by Crippen LogP contribution is 2.47. The van der Waals surface area contributed by atoms with E-state index in [-0.39, 0.29) is 24.5 Å². The van der Waals surface area contributed by atoms with Crippen molar-refractivity contribution in [3.05, 3.63) is 0 Å². The van der Waals surface area contributed by atoms with Gasteiger partial charge in [-0.25, -0.2) is 0 Å². The van der Waals surface area contributed by atoms with Crippen molar-refractivity contribution in [2.75, 3.05) is 19.8 Å². The molecular weight excluding hydrogens is 182 g/mol. The Morgan fingerprint density at radius 1 is 1.29 bits per heavy atom. The summed E-state index contributed by atoms with van der Waals surface area (Å²) < 4.78 is 0. The molecule has 0 radical (unpaired) electrons. The fourth-order valence-electron chi connectivity index (χ4n) is 1.54. The first-order chi connectivity index (χ1) is 6.72. The molecule has 1 rings (SSSR count). The molecule has 1 fully saturated rings. The van der Waals surface area contributed by atoms with Crippen molar-refractivity contribution in [1.29, 1.82) is 0 Å². The zero-order chi connectivity index (χ0) is 10.4. The van der Waals surface area contributed by atoms with E-state index in [0.717, 1.165) is 19.3 Å². The summed E-state index contributed by atoms with van der Waals surface area (Å²) in [6.07, 6.45) is 3.92. The summed E-state index contributed by atoms with van der Waals surface area (Å²) in [4.78, 5) is 11.2. The van der Waals surface area contributed by atoms with Gasteiger partial charge < -0.3 is 15.5 Å². The van der Waals surface area contributed by atoms with Gasteiger partial charge >= 0.3 is 0 Å². The molecule has 82 valence electrons. The van der Waals surface area contributed by atoms with Gasteiger partial charge in [-0.3, -0.25) is 4.79 Å². The van der Waals surface area contributed by atoms with E-state index in [9.17, 15) is 4.79 Å². The molecule has 0 bridgehead atoms. The molecule has 0 saturated heterocycles. The lowest BCUT2D eigenvalue weighted by Gasteiger charge is -2.14. The van der Waals surface area contributed by atoms with Gasteiger partial charge in [-0.1, -0.05) is 0 Å². The fraction of sp³-hybridized carbons (Fsp3) is 0.900. The van der Waals surface area contributed by atoms with E-state index >= 15 is 0 Å². The lowest BCUT2D eigenvalue weighted by Crippen LogP contribution is -2.30. The second-order valence-corrected chi connectivity index (χ2v) is 4.08. The number of carbonyl (C=O) groups is 1. The van der Waals surface area contributed by atoms with E-state index in [1.807, 2.05) is 0 Å². The Balaban J connectivity index is 2.10. The maximum atomic E-state index is 11.2. The zero-order valence-corrected chi connectivity index (χ0v) is 8.46. The largest absolute Gasteiger partial charge is 0.396 e. The Hall–Kier alpha value is -0.610. The standard InChI is InChI=1S/C10H19NO3/c12-6-1-2-9(14)11-8-10(3-4-10)5-7-13/h12-13H,1-8H2,(H,11,14). The second kappa shape index (κ2) is 5.32. The molecule has 14 heavy (non-hydrogen) atoms. The van der Waals surface area contributed by atoms with Gasteiger partial charge in [0.25, 0.3) is 0 Å². The smallest absolute Gasteiger partial charge is 0.220 e. The van der Waals surface area contributed by atoms with Crippen LogP contribution in [0.15, 0.2) is 0 Å². The molecule has 4 heteroatoms. The second-order valence-electron chi connectivity index (χ2n) is 4.08. The lowest BCUT2D eigenvalue weighted by molar-refractivity contribution is -0.121. The summed E-state index contributed by atoms with van der Waals surface area (Å²) in [5.41, 5.74) is 0.184. The number of amides is 1. The van der Waals surface area contributed by atoms with Crippen molar-refractivity contribution in [1.82, 2.24) is 5.32 Å². The van der Waals surface area contributed by atoms with Crippen LogP contribution in [0.3, 0.4) is 0 Å². The molecule has 3 N–H and O–H groups in total. The van der Waals surface area contributed by atoms with Gasteiger partial charge in [-0.05, 0) is 31.1 Å². The minimum absolute atomic E-state index is 0.00302. The molecule has 0 aromatic heterocycles. The maximum absolute atomic E-state index is 11.2. The summed E-state index contributed by atoms with van der Waals surface area (Å²) in [5, 5.41) is 20.2. The van der Waals surface area contributed by atoms with Crippen molar-refractivity contribution >= 4 is 5.91 Å². The Morgan fingerprint density at radius 2 is 2.00 bits per heavy atom. The van der Waals surface area contributed by atoms with Gasteiger partial charge in [0.05, 0.1) is 0 Å². The van der Waals surface area contributed by atoms with E-state index in [1.54, 1.807) is 0 Å². The Morgan fingerprint density at radius 3 is 2.50 bits per heavy atom. The van der Waals surface area contributed by atoms with E-state index in [4.69, 9.17) is 10.2 Å². The first kappa shape index (κ1) is 11.5. The van der Waals surface area contributed by atoms with Crippen LogP contribution >= 0.6 is 0 Å². The fourth-order valence-corrected chi connectivity index (χ4v) is 1.54. The third-order valence-corrected chi connectivity index (χ3v) is 2.82. The molecule has 4 nitrogen and oxygen atoms in total. The Kier molecular flexibility index (Phi) is 4.35. The number of carbonyl (C=O) groups excluding carboxylic acids is 1. The monoisotopic (exact) mass is 201 g/mol. The normalized spacial score (nSPS) is 17.9. The predicted octanol–water partition coefficient (Wildman–Crippen LogP) is 0.0377. The van der Waals surface area contributed by atoms with Gasteiger partial charge in [0.15, 0.2) is 0 Å². The number of hydrogen-bond donors (Lipinski definition) is 3. The molecule has 0 aromatic carbocycles. The van der Waals surface area contributed by atoms with Crippen LogP contribution in [0, 0.1) is 5.41 Å². The molecule has 0 unspecified atom stereocenters. The molecular formula is C10H19NO3. The summed E-state index contributed by atoms with van der Waals surface area (Å²) in [6.45, 7) is 0.944. The van der Waals surface area contributed by atoms with Crippen LogP contribution in [0.2, 0.25) is 0 Å². The highest BCUT2D eigenvalue weighted by Gasteiger charge is 2.41. The van der Waals surface area contributed by atoms with Crippen molar-refractivity contribution in [3.8, 4) is 0 Å². The number of aliphatic hydroxyl groups is 2. The van der Waals surface area contributed by atoms with Gasteiger partial charge in [0.2, 0.25) is 5.91 Å². The zero-order valence-electron chi connectivity index (χ0n) is 8.46. The van der Waals surface area contributed by atoms with Crippen LogP contribution in [0.1, 0.15) is 32.1 Å². The van der Waals surface area contributed by atoms with Crippen LogP contribution in [-0.2, 0) is 4.79 Å². The highest BCUT2D eigenvalue weighted by atomic mass is 16.3. The van der Waals surface area contributed by atoms with Crippen molar-refractivity contribution in [3.63, 3.8) is 0 Å². The van der Waals surface area contributed by atoms with Crippen LogP contribution in [0.5, 0.6) is 0 Å². The summed E-state index contributed by atoms with van der Waals surface area (Å²) >= 11 is 0. The number of nitrogens with one attached hydrogen (secondary N) is 1. The summed E-state index contributed by atoms with van der Waals surface area (Å²) in [6, 6.07) is 0. The van der Waals surface area contributed by atoms with Gasteiger partial charge in [0.1, 0.15) is 0 Å².